The second-order valence-electron chi connectivity index (χ2n) is 6.21. The van der Waals surface area contributed by atoms with Gasteiger partial charge in [-0.3, -0.25) is 4.79 Å². The van der Waals surface area contributed by atoms with Gasteiger partial charge in [-0.1, -0.05) is 23.2 Å². The quantitative estimate of drug-likeness (QED) is 0.849. The maximum atomic E-state index is 12.5. The Morgan fingerprint density at radius 2 is 2.00 bits per heavy atom. The lowest BCUT2D eigenvalue weighted by Gasteiger charge is -2.41. The van der Waals surface area contributed by atoms with Crippen molar-refractivity contribution in [3.63, 3.8) is 0 Å². The van der Waals surface area contributed by atoms with Gasteiger partial charge in [-0.2, -0.15) is 0 Å². The molecule has 3 nitrogen and oxygen atoms in total. The summed E-state index contributed by atoms with van der Waals surface area (Å²) in [7, 11) is 0. The van der Waals surface area contributed by atoms with Crippen LogP contribution in [0.3, 0.4) is 0 Å². The zero-order valence-corrected chi connectivity index (χ0v) is 13.6. The molecule has 1 heterocycles. The van der Waals surface area contributed by atoms with Crippen molar-refractivity contribution in [3.8, 4) is 0 Å². The largest absolute Gasteiger partial charge is 0.371 e. The average molecular weight is 328 g/mol. The van der Waals surface area contributed by atoms with Gasteiger partial charge in [0.05, 0.1) is 18.6 Å². The first-order chi connectivity index (χ1) is 9.96. The van der Waals surface area contributed by atoms with Crippen LogP contribution in [-0.4, -0.2) is 36.1 Å². The van der Waals surface area contributed by atoms with Crippen molar-refractivity contribution < 1.29 is 9.53 Å². The Morgan fingerprint density at radius 3 is 2.62 bits per heavy atom. The number of ether oxygens (including phenoxy) is 1. The number of carbonyl (C=O) groups excluding carboxylic acids is 1. The summed E-state index contributed by atoms with van der Waals surface area (Å²) < 4.78 is 5.92. The summed E-state index contributed by atoms with van der Waals surface area (Å²) in [5.74, 6) is 0.720. The molecule has 114 valence electrons. The molecule has 0 bridgehead atoms. The molecule has 0 spiro atoms. The van der Waals surface area contributed by atoms with E-state index in [-0.39, 0.29) is 11.5 Å². The van der Waals surface area contributed by atoms with Crippen molar-refractivity contribution in [3.05, 3.63) is 33.8 Å². The van der Waals surface area contributed by atoms with E-state index in [0.717, 1.165) is 5.56 Å². The van der Waals surface area contributed by atoms with Gasteiger partial charge in [0.2, 0.25) is 5.91 Å². The summed E-state index contributed by atoms with van der Waals surface area (Å²) in [5, 5.41) is 1.13. The van der Waals surface area contributed by atoms with E-state index in [0.29, 0.717) is 42.1 Å². The lowest BCUT2D eigenvalue weighted by Crippen LogP contribution is -2.53. The number of morpholine rings is 1. The van der Waals surface area contributed by atoms with Crippen molar-refractivity contribution in [2.24, 2.45) is 5.92 Å². The normalized spacial score (nSPS) is 26.0. The van der Waals surface area contributed by atoms with Crippen LogP contribution in [0, 0.1) is 5.92 Å². The zero-order valence-electron chi connectivity index (χ0n) is 12.1. The summed E-state index contributed by atoms with van der Waals surface area (Å²) in [6.45, 7) is 4.09. The van der Waals surface area contributed by atoms with Gasteiger partial charge in [-0.05, 0) is 49.4 Å². The molecule has 0 radical (unpaired) electrons. The first-order valence-electron chi connectivity index (χ1n) is 7.33. The molecular formula is C16H19Cl2NO2. The molecule has 21 heavy (non-hydrogen) atoms. The van der Waals surface area contributed by atoms with E-state index in [1.165, 1.54) is 12.8 Å². The van der Waals surface area contributed by atoms with Crippen LogP contribution >= 0.6 is 23.2 Å². The van der Waals surface area contributed by atoms with Crippen molar-refractivity contribution in [1.29, 1.82) is 0 Å². The number of hydrogen-bond acceptors (Lipinski definition) is 2. The van der Waals surface area contributed by atoms with E-state index in [1.54, 1.807) is 18.2 Å². The number of halogens is 2. The maximum absolute atomic E-state index is 12.5. The molecule has 0 aromatic heterocycles. The van der Waals surface area contributed by atoms with E-state index in [4.69, 9.17) is 27.9 Å². The van der Waals surface area contributed by atoms with Crippen molar-refractivity contribution in [1.82, 2.24) is 4.90 Å². The van der Waals surface area contributed by atoms with Crippen LogP contribution in [0.25, 0.3) is 0 Å². The minimum absolute atomic E-state index is 0.114. The zero-order chi connectivity index (χ0) is 15.0. The van der Waals surface area contributed by atoms with E-state index in [9.17, 15) is 4.79 Å². The molecule has 1 aromatic rings. The van der Waals surface area contributed by atoms with Crippen molar-refractivity contribution >= 4 is 29.1 Å². The van der Waals surface area contributed by atoms with Crippen molar-refractivity contribution in [2.75, 3.05) is 19.7 Å². The number of carbonyl (C=O) groups is 1. The van der Waals surface area contributed by atoms with Gasteiger partial charge in [0.25, 0.3) is 0 Å². The van der Waals surface area contributed by atoms with Gasteiger partial charge in [-0.25, -0.2) is 0 Å². The third kappa shape index (κ3) is 3.53. The number of nitrogens with zero attached hydrogens (tertiary/aromatic N) is 1. The molecule has 1 amide bonds. The average Bonchev–Trinajstić information content (AvgIpc) is 3.22. The van der Waals surface area contributed by atoms with Crippen LogP contribution in [0.4, 0.5) is 0 Å². The predicted octanol–water partition coefficient (Wildman–Crippen LogP) is 3.56. The minimum atomic E-state index is -0.167. The molecule has 1 aliphatic carbocycles. The second kappa shape index (κ2) is 5.79. The topological polar surface area (TPSA) is 29.5 Å². The molecule has 1 aromatic carbocycles. The Hall–Kier alpha value is -0.770. The van der Waals surface area contributed by atoms with Gasteiger partial charge in [0.1, 0.15) is 0 Å². The van der Waals surface area contributed by atoms with Gasteiger partial charge in [0.15, 0.2) is 0 Å². The fraction of sp³-hybridized carbons (Fsp3) is 0.562. The summed E-state index contributed by atoms with van der Waals surface area (Å²) in [4.78, 5) is 14.4. The van der Waals surface area contributed by atoms with Gasteiger partial charge < -0.3 is 9.64 Å². The molecule has 0 N–H and O–H groups in total. The summed E-state index contributed by atoms with van der Waals surface area (Å²) >= 11 is 12.0. The van der Waals surface area contributed by atoms with Crippen LogP contribution < -0.4 is 0 Å². The van der Waals surface area contributed by atoms with Crippen LogP contribution in [0.2, 0.25) is 10.0 Å². The van der Waals surface area contributed by atoms with Gasteiger partial charge in [-0.15, -0.1) is 0 Å². The molecule has 1 unspecified atom stereocenters. The smallest absolute Gasteiger partial charge is 0.227 e. The summed E-state index contributed by atoms with van der Waals surface area (Å²) in [6.07, 6.45) is 2.76. The minimum Gasteiger partial charge on any atom is -0.371 e. The van der Waals surface area contributed by atoms with E-state index >= 15 is 0 Å². The predicted molar refractivity (Wildman–Crippen MR) is 83.8 cm³/mol. The highest BCUT2D eigenvalue weighted by Crippen LogP contribution is 2.43. The van der Waals surface area contributed by atoms with E-state index in [1.807, 2.05) is 4.90 Å². The lowest BCUT2D eigenvalue weighted by atomic mass is 9.97. The highest BCUT2D eigenvalue weighted by atomic mass is 35.5. The second-order valence-corrected chi connectivity index (χ2v) is 7.08. The first kappa shape index (κ1) is 15.1. The van der Waals surface area contributed by atoms with Crippen molar-refractivity contribution in [2.45, 2.75) is 31.8 Å². The van der Waals surface area contributed by atoms with Gasteiger partial charge >= 0.3 is 0 Å². The number of benzene rings is 1. The summed E-state index contributed by atoms with van der Waals surface area (Å²) in [6, 6.07) is 5.27. The number of rotatable bonds is 3. The number of amides is 1. The lowest BCUT2D eigenvalue weighted by molar-refractivity contribution is -0.150. The Labute approximate surface area is 135 Å². The molecule has 2 fully saturated rings. The van der Waals surface area contributed by atoms with Gasteiger partial charge in [0, 0.05) is 23.1 Å². The molecule has 3 rings (SSSR count). The van der Waals surface area contributed by atoms with Crippen LogP contribution in [0.15, 0.2) is 18.2 Å². The fourth-order valence-corrected chi connectivity index (χ4v) is 3.62. The molecule has 1 saturated heterocycles. The Kier molecular flexibility index (Phi) is 4.17. The third-order valence-corrected chi connectivity index (χ3v) is 4.81. The molecule has 1 saturated carbocycles. The standard InChI is InChI=1S/C16H19Cl2NO2/c1-16(12-2-3-12)10-19(4-5-21-16)15(20)8-11-6-13(17)9-14(18)7-11/h6-7,9,12H,2-5,8,10H2,1H3. The summed E-state index contributed by atoms with van der Waals surface area (Å²) in [5.41, 5.74) is 0.692. The Balaban J connectivity index is 1.67. The molecule has 2 aliphatic rings. The van der Waals surface area contributed by atoms with Crippen LogP contribution in [0.5, 0.6) is 0 Å². The highest BCUT2D eigenvalue weighted by molar-refractivity contribution is 6.34. The Morgan fingerprint density at radius 1 is 1.33 bits per heavy atom. The monoisotopic (exact) mass is 327 g/mol. The Bertz CT molecular complexity index is 539. The van der Waals surface area contributed by atoms with E-state index < -0.39 is 0 Å². The molecular weight excluding hydrogens is 309 g/mol. The van der Waals surface area contributed by atoms with Crippen LogP contribution in [-0.2, 0) is 16.0 Å². The maximum Gasteiger partial charge on any atom is 0.227 e. The SMILES string of the molecule is CC1(C2CC2)CN(C(=O)Cc2cc(Cl)cc(Cl)c2)CCO1. The first-order valence-corrected chi connectivity index (χ1v) is 8.08. The highest BCUT2D eigenvalue weighted by Gasteiger charge is 2.46. The molecule has 5 heteroatoms. The third-order valence-electron chi connectivity index (χ3n) is 4.37. The number of hydrogen-bond donors (Lipinski definition) is 0. The molecule has 1 atom stereocenters. The van der Waals surface area contributed by atoms with Crippen LogP contribution in [0.1, 0.15) is 25.3 Å². The van der Waals surface area contributed by atoms with E-state index in [2.05, 4.69) is 6.92 Å². The molecule has 1 aliphatic heterocycles. The fourth-order valence-electron chi connectivity index (χ4n) is 3.05.